The van der Waals surface area contributed by atoms with Crippen molar-refractivity contribution < 1.29 is 0 Å². The quantitative estimate of drug-likeness (QED) is 0.364. The fourth-order valence-corrected chi connectivity index (χ4v) is 0. The molecule has 0 fully saturated rings. The summed E-state index contributed by atoms with van der Waals surface area (Å²) in [5.74, 6) is 0. The first kappa shape index (κ1) is 6.09. The van der Waals surface area contributed by atoms with Crippen molar-refractivity contribution in [3.8, 4) is 0 Å². The smallest absolute Gasteiger partial charge is 0.126 e. The standard InChI is InChI=1S/CH2Cl3Si/c1-5(2,3)4/h1H2. The molecule has 31 valence electrons. The third-order valence-corrected chi connectivity index (χ3v) is 0. The van der Waals surface area contributed by atoms with E-state index >= 15 is 0 Å². The molecule has 0 bridgehead atoms. The van der Waals surface area contributed by atoms with Crippen LogP contribution in [0.25, 0.3) is 0 Å². The molecule has 0 spiro atoms. The fourth-order valence-electron chi connectivity index (χ4n) is 0. The predicted molar refractivity (Wildman–Crippen MR) is 28.7 cm³/mol. The van der Waals surface area contributed by atoms with Crippen LogP contribution in [0.5, 0.6) is 0 Å². The molecule has 0 aliphatic heterocycles. The monoisotopic (exact) mass is 147 g/mol. The van der Waals surface area contributed by atoms with Crippen LogP contribution in [0.1, 0.15) is 0 Å². The molecule has 1 radical (unpaired) electrons. The molecule has 0 aliphatic rings. The summed E-state index contributed by atoms with van der Waals surface area (Å²) in [5.41, 5.74) is 0. The van der Waals surface area contributed by atoms with Crippen LogP contribution >= 0.6 is 33.2 Å². The molecule has 0 atom stereocenters. The summed E-state index contributed by atoms with van der Waals surface area (Å²) in [4.78, 5) is 0. The molecule has 0 aliphatic carbocycles. The van der Waals surface area contributed by atoms with Crippen molar-refractivity contribution in [2.24, 2.45) is 0 Å². The van der Waals surface area contributed by atoms with Crippen LogP contribution in [0.2, 0.25) is 0 Å². The van der Waals surface area contributed by atoms with E-state index in [4.69, 9.17) is 33.2 Å². The minimum atomic E-state index is -2.44. The van der Waals surface area contributed by atoms with Gasteiger partial charge >= 0.3 is 6.00 Å². The molecule has 5 heavy (non-hydrogen) atoms. The van der Waals surface area contributed by atoms with Crippen LogP contribution in [0.3, 0.4) is 0 Å². The van der Waals surface area contributed by atoms with E-state index < -0.39 is 6.00 Å². The summed E-state index contributed by atoms with van der Waals surface area (Å²) in [6, 6.07) is -2.44. The lowest BCUT2D eigenvalue weighted by Gasteiger charge is -1.89. The van der Waals surface area contributed by atoms with Crippen LogP contribution in [0.15, 0.2) is 0 Å². The van der Waals surface area contributed by atoms with Crippen LogP contribution in [-0.2, 0) is 0 Å². The van der Waals surface area contributed by atoms with Gasteiger partial charge in [-0.15, -0.1) is 33.2 Å². The van der Waals surface area contributed by atoms with Gasteiger partial charge in [0.1, 0.15) is 0 Å². The van der Waals surface area contributed by atoms with Crippen molar-refractivity contribution in [3.63, 3.8) is 0 Å². The Bertz CT molecular complexity index is 22.4. The van der Waals surface area contributed by atoms with Crippen LogP contribution < -0.4 is 0 Å². The van der Waals surface area contributed by atoms with E-state index in [2.05, 4.69) is 6.55 Å². The molecular weight excluding hydrogens is 146 g/mol. The lowest BCUT2D eigenvalue weighted by molar-refractivity contribution is 2.75. The minimum absolute atomic E-state index is 2.44. The van der Waals surface area contributed by atoms with Crippen molar-refractivity contribution in [1.29, 1.82) is 0 Å². The van der Waals surface area contributed by atoms with Gasteiger partial charge in [-0.25, -0.2) is 0 Å². The van der Waals surface area contributed by atoms with Gasteiger partial charge in [-0.1, -0.05) is 0 Å². The first-order chi connectivity index (χ1) is 2.00. The molecule has 0 nitrogen and oxygen atoms in total. The second kappa shape index (κ2) is 1.69. The van der Waals surface area contributed by atoms with Crippen molar-refractivity contribution in [1.82, 2.24) is 0 Å². The van der Waals surface area contributed by atoms with Gasteiger partial charge in [0.05, 0.1) is 0 Å². The number of hydrogen-bond donors (Lipinski definition) is 0. The van der Waals surface area contributed by atoms with Crippen molar-refractivity contribution in [2.45, 2.75) is 0 Å². The Morgan fingerprint density at radius 2 is 1.20 bits per heavy atom. The number of hydrogen-bond acceptors (Lipinski definition) is 0. The van der Waals surface area contributed by atoms with Gasteiger partial charge < -0.3 is 0 Å². The maximum absolute atomic E-state index is 5.09. The highest BCUT2D eigenvalue weighted by Gasteiger charge is 2.13. The molecule has 0 rings (SSSR count). The van der Waals surface area contributed by atoms with E-state index in [1.807, 2.05) is 0 Å². The zero-order chi connectivity index (χ0) is 4.50. The highest BCUT2D eigenvalue weighted by atomic mass is 35.8. The van der Waals surface area contributed by atoms with Crippen molar-refractivity contribution in [3.05, 3.63) is 6.55 Å². The first-order valence-electron chi connectivity index (χ1n) is 0.921. The first-order valence-corrected chi connectivity index (χ1v) is 6.16. The Hall–Kier alpha value is 1.09. The molecule has 0 aromatic carbocycles. The topological polar surface area (TPSA) is 0 Å². The van der Waals surface area contributed by atoms with Gasteiger partial charge in [-0.2, -0.15) is 0 Å². The van der Waals surface area contributed by atoms with Gasteiger partial charge in [0, 0.05) is 0 Å². The van der Waals surface area contributed by atoms with Crippen molar-refractivity contribution >= 4 is 39.2 Å². The van der Waals surface area contributed by atoms with E-state index in [1.54, 1.807) is 0 Å². The Morgan fingerprint density at radius 3 is 1.20 bits per heavy atom. The van der Waals surface area contributed by atoms with Crippen LogP contribution in [0, 0.1) is 6.55 Å². The molecular formula is CH2Cl3Si. The molecule has 0 amide bonds. The Labute approximate surface area is 46.1 Å². The zero-order valence-electron chi connectivity index (χ0n) is 2.34. The fraction of sp³-hybridized carbons (Fsp3) is 0. The molecule has 0 unspecified atom stereocenters. The average molecular weight is 148 g/mol. The second-order valence-corrected chi connectivity index (χ2v) is 9.39. The summed E-state index contributed by atoms with van der Waals surface area (Å²) in [6.07, 6.45) is 0. The van der Waals surface area contributed by atoms with Crippen LogP contribution in [0.4, 0.5) is 0 Å². The Morgan fingerprint density at radius 1 is 1.20 bits per heavy atom. The lowest BCUT2D eigenvalue weighted by Crippen LogP contribution is -1.98. The predicted octanol–water partition coefficient (Wildman–Crippen LogP) is 2.01. The van der Waals surface area contributed by atoms with Gasteiger partial charge in [-0.3, -0.25) is 0 Å². The van der Waals surface area contributed by atoms with Crippen molar-refractivity contribution in [2.75, 3.05) is 0 Å². The highest BCUT2D eigenvalue weighted by Crippen LogP contribution is 2.15. The van der Waals surface area contributed by atoms with Gasteiger partial charge in [0.15, 0.2) is 0 Å². The largest absolute Gasteiger partial charge is 0.341 e. The Balaban J connectivity index is 3.02. The number of halogens is 3. The van der Waals surface area contributed by atoms with Gasteiger partial charge in [0.25, 0.3) is 0 Å². The normalized spacial score (nSPS) is 12.0. The average Bonchev–Trinajstić information content (AvgIpc) is 0.722. The molecule has 0 aromatic rings. The molecule has 0 saturated carbocycles. The molecule has 0 saturated heterocycles. The maximum Gasteiger partial charge on any atom is 0.341 e. The SMILES string of the molecule is [CH2][Si](Cl)(Cl)Cl. The van der Waals surface area contributed by atoms with E-state index in [1.165, 1.54) is 0 Å². The minimum Gasteiger partial charge on any atom is -0.126 e. The molecule has 4 heteroatoms. The van der Waals surface area contributed by atoms with Crippen LogP contribution in [-0.4, -0.2) is 6.00 Å². The zero-order valence-corrected chi connectivity index (χ0v) is 5.61. The maximum atomic E-state index is 5.09. The molecule has 0 N–H and O–H groups in total. The van der Waals surface area contributed by atoms with E-state index in [-0.39, 0.29) is 0 Å². The third-order valence-electron chi connectivity index (χ3n) is 0. The summed E-state index contributed by atoms with van der Waals surface area (Å²) in [7, 11) is 0. The summed E-state index contributed by atoms with van der Waals surface area (Å²) in [5, 5.41) is 0. The van der Waals surface area contributed by atoms with Gasteiger partial charge in [0.2, 0.25) is 0 Å². The van der Waals surface area contributed by atoms with E-state index in [9.17, 15) is 0 Å². The van der Waals surface area contributed by atoms with E-state index in [0.29, 0.717) is 0 Å². The lowest BCUT2D eigenvalue weighted by atomic mass is 11.9. The van der Waals surface area contributed by atoms with Gasteiger partial charge in [-0.05, 0) is 6.55 Å². The molecule has 0 heterocycles. The summed E-state index contributed by atoms with van der Waals surface area (Å²) < 4.78 is 0. The highest BCUT2D eigenvalue weighted by molar-refractivity contribution is 7.65. The second-order valence-electron chi connectivity index (χ2n) is 0.615. The third kappa shape index (κ3) is 41.0. The molecule has 0 aromatic heterocycles. The number of rotatable bonds is 0. The van der Waals surface area contributed by atoms with E-state index in [0.717, 1.165) is 0 Å². The summed E-state index contributed by atoms with van der Waals surface area (Å²) >= 11 is 15.3. The Kier molecular flexibility index (Phi) is 2.06. The summed E-state index contributed by atoms with van der Waals surface area (Å²) in [6.45, 7) is 3.21.